The van der Waals surface area contributed by atoms with E-state index in [-0.39, 0.29) is 10.5 Å². The highest BCUT2D eigenvalue weighted by Gasteiger charge is 2.48. The molecule has 0 amide bonds. The molecule has 3 atom stereocenters. The first kappa shape index (κ1) is 17.3. The van der Waals surface area contributed by atoms with Crippen LogP contribution < -0.4 is 5.73 Å². The molecule has 0 saturated carbocycles. The number of hydrogen-bond acceptors (Lipinski definition) is 5. The Morgan fingerprint density at radius 2 is 1.76 bits per heavy atom. The molecule has 0 bridgehead atoms. The summed E-state index contributed by atoms with van der Waals surface area (Å²) in [7, 11) is 0. The van der Waals surface area contributed by atoms with E-state index >= 15 is 0 Å². The maximum absolute atomic E-state index is 12.0. The third kappa shape index (κ3) is 3.34. The third-order valence-electron chi connectivity index (χ3n) is 4.20. The second-order valence-corrected chi connectivity index (χ2v) is 7.26. The number of nitrogens with two attached hydrogens (primary N) is 1. The van der Waals surface area contributed by atoms with Gasteiger partial charge in [-0.2, -0.15) is 5.26 Å². The van der Waals surface area contributed by atoms with Crippen molar-refractivity contribution in [1.82, 2.24) is 0 Å². The summed E-state index contributed by atoms with van der Waals surface area (Å²) < 4.78 is 0. The van der Waals surface area contributed by atoms with Gasteiger partial charge < -0.3 is 5.73 Å². The van der Waals surface area contributed by atoms with E-state index in [1.165, 1.54) is 11.8 Å². The number of nitro groups is 1. The molecule has 2 N–H and O–H groups in total. The first-order valence-corrected chi connectivity index (χ1v) is 8.79. The Labute approximate surface area is 154 Å². The normalized spacial score (nSPS) is 23.1. The summed E-state index contributed by atoms with van der Waals surface area (Å²) in [5.41, 5.74) is 7.82. The van der Waals surface area contributed by atoms with Gasteiger partial charge in [-0.25, -0.2) is 0 Å². The molecule has 25 heavy (non-hydrogen) atoms. The summed E-state index contributed by atoms with van der Waals surface area (Å²) in [5.74, 6) is -0.719. The molecule has 2 aromatic rings. The van der Waals surface area contributed by atoms with Gasteiger partial charge in [-0.15, -0.1) is 0 Å². The Hall–Kier alpha value is -2.49. The molecule has 126 valence electrons. The highest BCUT2D eigenvalue weighted by Crippen LogP contribution is 2.50. The fraction of sp³-hybridized carbons (Fsp3) is 0.167. The van der Waals surface area contributed by atoms with Crippen molar-refractivity contribution in [2.24, 2.45) is 5.73 Å². The van der Waals surface area contributed by atoms with Gasteiger partial charge in [-0.1, -0.05) is 65.8 Å². The van der Waals surface area contributed by atoms with Gasteiger partial charge >= 0.3 is 0 Å². The highest BCUT2D eigenvalue weighted by molar-refractivity contribution is 8.03. The Morgan fingerprint density at radius 3 is 2.32 bits per heavy atom. The number of nitrogens with zero attached hydrogens (tertiary/aromatic N) is 2. The van der Waals surface area contributed by atoms with E-state index in [9.17, 15) is 15.4 Å². The molecule has 0 radical (unpaired) electrons. The molecule has 3 rings (SSSR count). The number of nitriles is 1. The Balaban J connectivity index is 2.17. The van der Waals surface area contributed by atoms with E-state index in [2.05, 4.69) is 6.07 Å². The summed E-state index contributed by atoms with van der Waals surface area (Å²) in [6.07, 6.45) is 0. The molecule has 5 nitrogen and oxygen atoms in total. The zero-order valence-corrected chi connectivity index (χ0v) is 14.6. The lowest BCUT2D eigenvalue weighted by Gasteiger charge is -2.32. The molecule has 0 spiro atoms. The smallest absolute Gasteiger partial charge is 0.240 e. The molecular weight excluding hydrogens is 358 g/mol. The van der Waals surface area contributed by atoms with E-state index in [1.54, 1.807) is 24.3 Å². The Morgan fingerprint density at radius 1 is 1.12 bits per heavy atom. The van der Waals surface area contributed by atoms with Crippen LogP contribution in [-0.4, -0.2) is 11.0 Å². The highest BCUT2D eigenvalue weighted by atomic mass is 35.5. The van der Waals surface area contributed by atoms with Gasteiger partial charge in [0, 0.05) is 9.95 Å². The van der Waals surface area contributed by atoms with Crippen LogP contribution >= 0.6 is 23.4 Å². The lowest BCUT2D eigenvalue weighted by Crippen LogP contribution is -2.37. The van der Waals surface area contributed by atoms with Crippen LogP contribution in [-0.2, 0) is 0 Å². The van der Waals surface area contributed by atoms with E-state index in [0.717, 1.165) is 5.56 Å². The molecule has 1 aliphatic rings. The summed E-state index contributed by atoms with van der Waals surface area (Å²) >= 11 is 7.11. The largest absolute Gasteiger partial charge is 0.393 e. The first-order valence-electron chi connectivity index (χ1n) is 7.53. The molecule has 0 aromatic heterocycles. The van der Waals surface area contributed by atoms with Crippen LogP contribution in [0.4, 0.5) is 0 Å². The van der Waals surface area contributed by atoms with Crippen LogP contribution in [0.1, 0.15) is 22.3 Å². The SMILES string of the molecule is N#CC1=C(N)S[C@H](c2ccccc2)[C@H]([N+](=O)[O-])[C@H]1c1ccc(Cl)cc1. The van der Waals surface area contributed by atoms with Crippen molar-refractivity contribution in [3.8, 4) is 6.07 Å². The van der Waals surface area contributed by atoms with Crippen molar-refractivity contribution in [3.63, 3.8) is 0 Å². The van der Waals surface area contributed by atoms with E-state index in [4.69, 9.17) is 17.3 Å². The zero-order chi connectivity index (χ0) is 18.0. The molecule has 1 aliphatic heterocycles. The topological polar surface area (TPSA) is 93.0 Å². The maximum atomic E-state index is 12.0. The van der Waals surface area contributed by atoms with Gasteiger partial charge in [0.05, 0.1) is 22.6 Å². The monoisotopic (exact) mass is 371 g/mol. The number of hydrogen-bond donors (Lipinski definition) is 1. The molecule has 2 aromatic carbocycles. The van der Waals surface area contributed by atoms with E-state index in [0.29, 0.717) is 15.6 Å². The van der Waals surface area contributed by atoms with E-state index in [1.807, 2.05) is 30.3 Å². The standard InChI is InChI=1S/C18H14ClN3O2S/c19-13-8-6-11(7-9-13)15-14(10-20)18(21)25-17(16(15)22(23)24)12-4-2-1-3-5-12/h1-9,15-17H,21H2/t15-,16+,17+/m0/s1. The maximum Gasteiger partial charge on any atom is 0.240 e. The van der Waals surface area contributed by atoms with Gasteiger partial charge in [-0.3, -0.25) is 10.1 Å². The van der Waals surface area contributed by atoms with Gasteiger partial charge in [-0.05, 0) is 23.3 Å². The molecule has 0 fully saturated rings. The average molecular weight is 372 g/mol. The summed E-state index contributed by atoms with van der Waals surface area (Å²) in [6, 6.07) is 17.0. The van der Waals surface area contributed by atoms with Crippen molar-refractivity contribution < 1.29 is 4.92 Å². The molecule has 7 heteroatoms. The number of benzene rings is 2. The zero-order valence-electron chi connectivity index (χ0n) is 13.0. The summed E-state index contributed by atoms with van der Waals surface area (Å²) in [5, 5.41) is 21.9. The van der Waals surface area contributed by atoms with Gasteiger partial charge in [0.15, 0.2) is 0 Å². The second kappa shape index (κ2) is 7.18. The average Bonchev–Trinajstić information content (AvgIpc) is 2.62. The van der Waals surface area contributed by atoms with Gasteiger partial charge in [0.25, 0.3) is 0 Å². The third-order valence-corrected chi connectivity index (χ3v) is 5.73. The molecule has 0 saturated heterocycles. The number of halogens is 1. The Bertz CT molecular complexity index is 862. The molecule has 1 heterocycles. The van der Waals surface area contributed by atoms with Crippen LogP contribution in [0.2, 0.25) is 5.02 Å². The first-order chi connectivity index (χ1) is 12.0. The fourth-order valence-corrected chi connectivity index (χ4v) is 4.46. The minimum absolute atomic E-state index is 0.237. The number of rotatable bonds is 3. The minimum atomic E-state index is -1.00. The predicted octanol–water partition coefficient (Wildman–Crippen LogP) is 4.25. The fourth-order valence-electron chi connectivity index (χ4n) is 3.07. The summed E-state index contributed by atoms with van der Waals surface area (Å²) in [6.45, 7) is 0. The second-order valence-electron chi connectivity index (χ2n) is 5.64. The van der Waals surface area contributed by atoms with Gasteiger partial charge in [0.1, 0.15) is 5.25 Å². The lowest BCUT2D eigenvalue weighted by molar-refractivity contribution is -0.525. The van der Waals surface area contributed by atoms with Crippen molar-refractivity contribution >= 4 is 23.4 Å². The van der Waals surface area contributed by atoms with Crippen LogP contribution in [0.25, 0.3) is 0 Å². The van der Waals surface area contributed by atoms with Crippen LogP contribution in [0.3, 0.4) is 0 Å². The lowest BCUT2D eigenvalue weighted by atomic mass is 9.82. The quantitative estimate of drug-likeness (QED) is 0.643. The number of thioether (sulfide) groups is 1. The van der Waals surface area contributed by atoms with Gasteiger partial charge in [0.2, 0.25) is 6.04 Å². The van der Waals surface area contributed by atoms with Crippen molar-refractivity contribution in [2.45, 2.75) is 17.2 Å². The molecular formula is C18H14ClN3O2S. The van der Waals surface area contributed by atoms with Crippen molar-refractivity contribution in [2.75, 3.05) is 0 Å². The van der Waals surface area contributed by atoms with Crippen molar-refractivity contribution in [3.05, 3.63) is 91.5 Å². The van der Waals surface area contributed by atoms with Crippen molar-refractivity contribution in [1.29, 1.82) is 5.26 Å². The molecule has 0 unspecified atom stereocenters. The van der Waals surface area contributed by atoms with Crippen LogP contribution in [0.5, 0.6) is 0 Å². The van der Waals surface area contributed by atoms with E-state index < -0.39 is 17.2 Å². The van der Waals surface area contributed by atoms with Crippen LogP contribution in [0, 0.1) is 21.4 Å². The minimum Gasteiger partial charge on any atom is -0.393 e. The Kier molecular flexibility index (Phi) is 4.98. The van der Waals surface area contributed by atoms with Crippen LogP contribution in [0.15, 0.2) is 65.2 Å². The predicted molar refractivity (Wildman–Crippen MR) is 98.6 cm³/mol. The molecule has 0 aliphatic carbocycles. The summed E-state index contributed by atoms with van der Waals surface area (Å²) in [4.78, 5) is 11.6.